The van der Waals surface area contributed by atoms with Gasteiger partial charge in [0.1, 0.15) is 159 Å². The number of nitrogens with one attached hydrogen (secondary N) is 2. The summed E-state index contributed by atoms with van der Waals surface area (Å²) in [5.41, 5.74) is 12.9. The lowest BCUT2D eigenvalue weighted by atomic mass is 9.95. The number of carbonyl (C=O) groups excluding carboxylic acids is 1. The van der Waals surface area contributed by atoms with Gasteiger partial charge in [-0.3, -0.25) is 14.8 Å². The van der Waals surface area contributed by atoms with Crippen LogP contribution in [-0.2, 0) is 77.5 Å². The standard InChI is InChI=1S/C63H107N7O34S3/c1-2-105-12-9-67-33(64)7-5-3-4-6-8-34(65)68-10-13-106-22-31-55-41(82)48(89)62(96-31)101-53-29(20-74)93-59(45(86)38(53)79)100-52-28(19-73)95-61(47(88)40(52)81)104-56-32(23-107-14-11-69-35(76)15-25-16-66-24-70-25)97-63(49(90)42(56)83)102-54-30(21-75)92-58(44(85)37(54)78)98-50-26(17-71)91-57(43(84)36(50)77)99-51-27(18-72)94-60(103-55)46(87)39(51)80/h16,24,26-32,36-63,71-75,77-90H,2-15,17-23H2,1H3,(H2,64,67)(H2,65,68)(H,66,70)(H,69,76)/t26?,27?,28?,29?,30?,31?,32?,36-,37-,38-,39-,40-,41-,42-,43?,44?,45?,46?,47?,48?,49?,50-,51-,52-,53-,54-,55-,56-,57-,58-,59+,60+,61+,62-,63+/m1/s1. The number of carbonyl (C=O) groups is 1. The Hall–Kier alpha value is -2.65. The van der Waals surface area contributed by atoms with Crippen molar-refractivity contribution in [2.75, 3.05) is 87.2 Å². The number of amides is 1. The molecular weight excluding hydrogens is 1490 g/mol. The average Bonchev–Trinajstić information content (AvgIpc) is 1.31. The summed E-state index contributed by atoms with van der Waals surface area (Å²) in [4.78, 5) is 28.3. The van der Waals surface area contributed by atoms with Crippen molar-refractivity contribution in [3.8, 4) is 0 Å². The molecule has 0 saturated carbocycles. The monoisotopic (exact) mass is 1600 g/mol. The van der Waals surface area contributed by atoms with Gasteiger partial charge in [-0.25, -0.2) is 4.98 Å². The Bertz CT molecular complexity index is 2830. The highest BCUT2D eigenvalue weighted by Gasteiger charge is 2.60. The second-order valence-electron chi connectivity index (χ2n) is 26.9. The number of aliphatic hydroxyl groups excluding tert-OH is 19. The molecule has 22 heterocycles. The van der Waals surface area contributed by atoms with Crippen molar-refractivity contribution in [1.29, 1.82) is 0 Å². The van der Waals surface area contributed by atoms with Crippen molar-refractivity contribution < 1.29 is 168 Å². The number of thioether (sulfide) groups is 3. The summed E-state index contributed by atoms with van der Waals surface area (Å²) in [5, 5.41) is 221. The highest BCUT2D eigenvalue weighted by Crippen LogP contribution is 2.40. The first kappa shape index (κ1) is 88.3. The fourth-order valence-corrected chi connectivity index (χ4v) is 15.8. The molecule has 35 atom stereocenters. The Balaban J connectivity index is 0.956. The molecule has 0 aromatic carbocycles. The van der Waals surface area contributed by atoms with Crippen LogP contribution in [0.2, 0.25) is 0 Å². The fourth-order valence-electron chi connectivity index (χ4n) is 13.4. The van der Waals surface area contributed by atoms with Crippen LogP contribution in [0.5, 0.6) is 0 Å². The van der Waals surface area contributed by atoms with Crippen LogP contribution in [0.4, 0.5) is 0 Å². The molecule has 21 aliphatic heterocycles. The van der Waals surface area contributed by atoms with Gasteiger partial charge in [0.05, 0.1) is 69.7 Å². The average molecular weight is 1600 g/mol. The van der Waals surface area contributed by atoms with Crippen molar-refractivity contribution in [3.05, 3.63) is 18.2 Å². The molecule has 616 valence electrons. The van der Waals surface area contributed by atoms with Crippen LogP contribution >= 0.6 is 35.3 Å². The number of aliphatic hydroxyl groups is 19. The highest BCUT2D eigenvalue weighted by atomic mass is 32.2. The molecule has 44 heteroatoms. The zero-order chi connectivity index (χ0) is 77.3. The van der Waals surface area contributed by atoms with Crippen molar-refractivity contribution in [2.45, 2.75) is 267 Å². The van der Waals surface area contributed by atoms with Crippen LogP contribution < -0.4 is 16.8 Å². The van der Waals surface area contributed by atoms with Crippen LogP contribution in [0.25, 0.3) is 0 Å². The van der Waals surface area contributed by atoms with Crippen LogP contribution in [0.3, 0.4) is 0 Å². The number of aromatic amines is 1. The summed E-state index contributed by atoms with van der Waals surface area (Å²) >= 11 is 4.06. The zero-order valence-electron chi connectivity index (χ0n) is 58.6. The van der Waals surface area contributed by atoms with Gasteiger partial charge < -0.3 is 185 Å². The number of unbranched alkanes of at least 4 members (excludes halogenated alkanes) is 3. The molecule has 14 unspecified atom stereocenters. The number of nitrogens with two attached hydrogens (primary N) is 2. The number of aliphatic imine (C=N–C) groups is 2. The van der Waals surface area contributed by atoms with E-state index in [1.807, 2.05) is 0 Å². The summed E-state index contributed by atoms with van der Waals surface area (Å²) in [5.74, 6) is 2.61. The minimum absolute atomic E-state index is 0.0345. The second-order valence-corrected chi connectivity index (χ2v) is 30.6. The van der Waals surface area contributed by atoms with Gasteiger partial charge in [-0.2, -0.15) is 35.3 Å². The van der Waals surface area contributed by atoms with Crippen molar-refractivity contribution in [3.63, 3.8) is 0 Å². The number of rotatable bonds is 28. The van der Waals surface area contributed by atoms with E-state index >= 15 is 0 Å². The maximum Gasteiger partial charge on any atom is 0.226 e. The molecule has 0 radical (unpaired) electrons. The van der Waals surface area contributed by atoms with Gasteiger partial charge in [0.2, 0.25) is 5.91 Å². The summed E-state index contributed by atoms with van der Waals surface area (Å²) in [6.45, 7) is -2.21. The molecule has 25 N–H and O–H groups in total. The number of hydrogen-bond donors (Lipinski definition) is 23. The van der Waals surface area contributed by atoms with Crippen molar-refractivity contribution in [1.82, 2.24) is 15.3 Å². The largest absolute Gasteiger partial charge is 0.394 e. The van der Waals surface area contributed by atoms with E-state index in [0.717, 1.165) is 49.0 Å². The van der Waals surface area contributed by atoms with Crippen LogP contribution in [0.1, 0.15) is 51.1 Å². The molecule has 1 aromatic heterocycles. The minimum atomic E-state index is -2.22. The number of imidazole rings is 1. The summed E-state index contributed by atoms with van der Waals surface area (Å²) in [6, 6.07) is 0. The van der Waals surface area contributed by atoms with E-state index in [2.05, 4.69) is 32.2 Å². The Morgan fingerprint density at radius 3 is 0.972 bits per heavy atom. The van der Waals surface area contributed by atoms with E-state index in [1.165, 1.54) is 24.3 Å². The molecule has 1 aromatic rings. The quantitative estimate of drug-likeness (QED) is 0.0210. The lowest BCUT2D eigenvalue weighted by Gasteiger charge is -2.50. The molecule has 41 nitrogen and oxygen atoms in total. The zero-order valence-corrected chi connectivity index (χ0v) is 61.0. The van der Waals surface area contributed by atoms with E-state index in [0.29, 0.717) is 36.8 Å². The molecule has 0 spiro atoms. The van der Waals surface area contributed by atoms with Gasteiger partial charge in [0, 0.05) is 73.1 Å². The van der Waals surface area contributed by atoms with Gasteiger partial charge in [0.15, 0.2) is 44.0 Å². The van der Waals surface area contributed by atoms with Gasteiger partial charge >= 0.3 is 0 Å². The summed E-state index contributed by atoms with van der Waals surface area (Å²) in [7, 11) is 0. The smallest absolute Gasteiger partial charge is 0.226 e. The highest BCUT2D eigenvalue weighted by molar-refractivity contribution is 7.99. The molecule has 107 heavy (non-hydrogen) atoms. The van der Waals surface area contributed by atoms with E-state index in [1.54, 1.807) is 11.8 Å². The van der Waals surface area contributed by atoms with Crippen molar-refractivity contribution in [2.24, 2.45) is 21.5 Å². The maximum atomic E-state index is 12.7. The fraction of sp³-hybridized carbons (Fsp3) is 0.905. The first-order chi connectivity index (χ1) is 51.4. The first-order valence-electron chi connectivity index (χ1n) is 35.6. The van der Waals surface area contributed by atoms with E-state index in [9.17, 15) is 102 Å². The predicted octanol–water partition coefficient (Wildman–Crippen LogP) is -10.9. The number of ether oxygens (including phenoxy) is 14. The van der Waals surface area contributed by atoms with E-state index in [-0.39, 0.29) is 48.4 Å². The van der Waals surface area contributed by atoms with Gasteiger partial charge in [-0.05, 0) is 18.6 Å². The number of hydrogen-bond acceptors (Lipinski definition) is 40. The van der Waals surface area contributed by atoms with Gasteiger partial charge in [0.25, 0.3) is 0 Å². The topological polar surface area (TPSA) is 648 Å². The number of nitrogens with zero attached hydrogens (tertiary/aromatic N) is 3. The van der Waals surface area contributed by atoms with Crippen LogP contribution in [-0.4, -0.2) is 427 Å². The minimum Gasteiger partial charge on any atom is -0.394 e. The lowest BCUT2D eigenvalue weighted by molar-refractivity contribution is -0.395. The normalized spacial score (nSPS) is 43.5. The molecule has 14 bridgehead atoms. The predicted molar refractivity (Wildman–Crippen MR) is 368 cm³/mol. The first-order valence-corrected chi connectivity index (χ1v) is 39.1. The second kappa shape index (κ2) is 42.6. The Morgan fingerprint density at radius 2 is 0.692 bits per heavy atom. The third kappa shape index (κ3) is 22.5. The van der Waals surface area contributed by atoms with Crippen LogP contribution in [0.15, 0.2) is 22.5 Å². The third-order valence-electron chi connectivity index (χ3n) is 19.4. The lowest BCUT2D eigenvalue weighted by Crippen LogP contribution is -2.68. The van der Waals surface area contributed by atoms with E-state index in [4.69, 9.17) is 77.8 Å². The molecule has 21 aliphatic rings. The summed E-state index contributed by atoms with van der Waals surface area (Å²) in [6.07, 6.45) is -61.9. The number of H-pyrrole nitrogens is 1. The van der Waals surface area contributed by atoms with Crippen molar-refractivity contribution >= 4 is 52.9 Å². The molecule has 22 rings (SSSR count). The Morgan fingerprint density at radius 1 is 0.411 bits per heavy atom. The van der Waals surface area contributed by atoms with Gasteiger partial charge in [-0.15, -0.1) is 0 Å². The van der Waals surface area contributed by atoms with E-state index < -0.39 is 248 Å². The molecule has 21 saturated heterocycles. The number of amidine groups is 2. The molecule has 21 fully saturated rings. The molecule has 0 aliphatic carbocycles. The SMILES string of the molecule is CCSCCN=C(N)CCCCCCC(N)=NCCSCC1O[C@@H]2O[C@@H]3C(CO)O[C@@H](O[C@@H]4C(CO)O[C@@H](O[C@@H]5C(CSCCNC(=O)Cc6cnc[nH]6)O[C@@H](O[C@@H]6C(CO)O[C@H](O[C@@H]7C(CO)O[C@H](O[C@@H]8C(CO)O[C@@H](O[C@H]1[C@H](O)C2O)C(O)[C@H]8O)C(O)[C@H]7O)C(O)[C@H]6O)C(O)[C@H]5O)C(O)[C@H]4O)C(O)[C@H]3O. The van der Waals surface area contributed by atoms with Gasteiger partial charge in [-0.1, -0.05) is 19.8 Å². The summed E-state index contributed by atoms with van der Waals surface area (Å²) < 4.78 is 83.8. The Kier molecular flexibility index (Phi) is 35.2. The number of aromatic nitrogens is 2. The van der Waals surface area contributed by atoms with Crippen LogP contribution in [0, 0.1) is 0 Å². The third-order valence-corrected chi connectivity index (χ3v) is 22.4. The molecular formula is C63H107N7O34S3. The molecule has 1 amide bonds. The maximum absolute atomic E-state index is 12.7. The Labute approximate surface area is 627 Å².